The first-order valence-corrected chi connectivity index (χ1v) is 13.7. The van der Waals surface area contributed by atoms with E-state index in [1.807, 2.05) is 12.1 Å². The minimum absolute atomic E-state index is 0.169. The van der Waals surface area contributed by atoms with Gasteiger partial charge >= 0.3 is 11.9 Å². The van der Waals surface area contributed by atoms with Gasteiger partial charge in [0.25, 0.3) is 0 Å². The van der Waals surface area contributed by atoms with Crippen molar-refractivity contribution < 1.29 is 28.7 Å². The Morgan fingerprint density at radius 3 is 1.64 bits per heavy atom. The van der Waals surface area contributed by atoms with Crippen LogP contribution in [0.15, 0.2) is 104 Å². The van der Waals surface area contributed by atoms with Crippen molar-refractivity contribution in [1.29, 1.82) is 0 Å². The van der Waals surface area contributed by atoms with Gasteiger partial charge in [-0.05, 0) is 72.8 Å². The van der Waals surface area contributed by atoms with Crippen LogP contribution in [0.2, 0.25) is 5.02 Å². The number of hydrogen-bond donors (Lipinski definition) is 0. The maximum atomic E-state index is 12.6. The molecule has 0 aliphatic heterocycles. The topological polar surface area (TPSA) is 138 Å². The number of nitrogens with zero attached hydrogens (tertiary/aromatic N) is 4. The molecule has 0 spiro atoms. The van der Waals surface area contributed by atoms with E-state index in [1.165, 1.54) is 50.9 Å². The number of fused-ring (bicyclic) bond motifs is 2. The van der Waals surface area contributed by atoms with E-state index in [9.17, 15) is 19.2 Å². The molecule has 0 fully saturated rings. The first kappa shape index (κ1) is 30.6. The molecule has 0 radical (unpaired) electrons. The predicted octanol–water partition coefficient (Wildman–Crippen LogP) is 5.95. The minimum Gasteiger partial charge on any atom is -0.465 e. The summed E-state index contributed by atoms with van der Waals surface area (Å²) in [5.41, 5.74) is 3.43. The Morgan fingerprint density at radius 2 is 1.09 bits per heavy atom. The van der Waals surface area contributed by atoms with E-state index < -0.39 is 11.9 Å². The number of pyridine rings is 4. The van der Waals surface area contributed by atoms with Gasteiger partial charge in [-0.2, -0.15) is 0 Å². The highest BCUT2D eigenvalue weighted by Gasteiger charge is 2.16. The number of benzene rings is 2. The largest absolute Gasteiger partial charge is 0.465 e. The second-order valence-electron chi connectivity index (χ2n) is 9.47. The van der Waals surface area contributed by atoms with Gasteiger partial charge in [-0.15, -0.1) is 0 Å². The molecule has 0 aliphatic rings. The smallest absolute Gasteiger partial charge is 0.337 e. The molecule has 0 N–H and O–H groups in total. The van der Waals surface area contributed by atoms with Gasteiger partial charge in [0.05, 0.1) is 41.4 Å². The van der Waals surface area contributed by atoms with Crippen molar-refractivity contribution in [3.63, 3.8) is 0 Å². The van der Waals surface area contributed by atoms with E-state index in [2.05, 4.69) is 29.4 Å². The van der Waals surface area contributed by atoms with Crippen LogP contribution in [-0.4, -0.2) is 57.7 Å². The maximum Gasteiger partial charge on any atom is 0.337 e. The quantitative estimate of drug-likeness (QED) is 0.163. The Bertz CT molecular complexity index is 2100. The number of carbonyl (C=O) groups excluding carboxylic acids is 4. The van der Waals surface area contributed by atoms with Crippen LogP contribution in [0.25, 0.3) is 21.8 Å². The molecule has 0 aliphatic carbocycles. The van der Waals surface area contributed by atoms with Crippen LogP contribution >= 0.6 is 11.6 Å². The van der Waals surface area contributed by atoms with E-state index in [0.717, 1.165) is 21.8 Å². The third kappa shape index (κ3) is 7.03. The van der Waals surface area contributed by atoms with Crippen LogP contribution in [0.3, 0.4) is 0 Å². The monoisotopic (exact) mass is 618 g/mol. The molecule has 0 amide bonds. The summed E-state index contributed by atoms with van der Waals surface area (Å²) < 4.78 is 9.29. The summed E-state index contributed by atoms with van der Waals surface area (Å²) in [4.78, 5) is 64.6. The summed E-state index contributed by atoms with van der Waals surface area (Å²) in [6.45, 7) is 0. The van der Waals surface area contributed by atoms with Crippen molar-refractivity contribution in [2.45, 2.75) is 0 Å². The summed E-state index contributed by atoms with van der Waals surface area (Å²) in [7, 11) is 2.57. The van der Waals surface area contributed by atoms with Gasteiger partial charge in [-0.25, -0.2) is 9.59 Å². The number of esters is 2. The summed E-state index contributed by atoms with van der Waals surface area (Å²) in [5.74, 6) is -1.57. The zero-order chi connectivity index (χ0) is 31.9. The fourth-order valence-corrected chi connectivity index (χ4v) is 4.52. The first-order chi connectivity index (χ1) is 21.8. The summed E-state index contributed by atoms with van der Waals surface area (Å²) in [5, 5.41) is 2.12. The third-order valence-electron chi connectivity index (χ3n) is 6.60. The Labute approximate surface area is 261 Å². The number of methoxy groups -OCH3 is 2. The first-order valence-electron chi connectivity index (χ1n) is 13.4. The molecule has 0 unspecified atom stereocenters. The number of carbonyl (C=O) groups is 4. The fourth-order valence-electron chi connectivity index (χ4n) is 4.36. The molecule has 222 valence electrons. The van der Waals surface area contributed by atoms with E-state index in [-0.39, 0.29) is 28.5 Å². The zero-order valence-electron chi connectivity index (χ0n) is 23.9. The molecule has 11 heteroatoms. The second-order valence-corrected chi connectivity index (χ2v) is 9.91. The normalized spacial score (nSPS) is 10.5. The van der Waals surface area contributed by atoms with Crippen LogP contribution in [0.4, 0.5) is 0 Å². The molecular formula is C34H23ClN4O6. The van der Waals surface area contributed by atoms with E-state index in [1.54, 1.807) is 54.9 Å². The predicted molar refractivity (Wildman–Crippen MR) is 167 cm³/mol. The van der Waals surface area contributed by atoms with Crippen LogP contribution < -0.4 is 0 Å². The van der Waals surface area contributed by atoms with Gasteiger partial charge < -0.3 is 9.47 Å². The number of ketones is 2. The number of halogens is 1. The highest BCUT2D eigenvalue weighted by atomic mass is 35.5. The molecule has 4 aromatic heterocycles. The number of ether oxygens (including phenoxy) is 2. The van der Waals surface area contributed by atoms with Crippen molar-refractivity contribution in [2.24, 2.45) is 0 Å². The second kappa shape index (κ2) is 13.6. The average molecular weight is 619 g/mol. The minimum atomic E-state index is -0.518. The number of hydrogen-bond acceptors (Lipinski definition) is 10. The van der Waals surface area contributed by atoms with Gasteiger partial charge in [0.15, 0.2) is 0 Å². The Kier molecular flexibility index (Phi) is 9.26. The molecule has 10 nitrogen and oxygen atoms in total. The van der Waals surface area contributed by atoms with Gasteiger partial charge in [0, 0.05) is 46.7 Å². The van der Waals surface area contributed by atoms with Crippen LogP contribution in [0.1, 0.15) is 52.8 Å². The molecule has 45 heavy (non-hydrogen) atoms. The van der Waals surface area contributed by atoms with Gasteiger partial charge in [-0.3, -0.25) is 29.5 Å². The van der Waals surface area contributed by atoms with Crippen molar-refractivity contribution in [2.75, 3.05) is 14.2 Å². The van der Waals surface area contributed by atoms with E-state index in [0.29, 0.717) is 21.7 Å². The lowest BCUT2D eigenvalue weighted by Crippen LogP contribution is -2.08. The third-order valence-corrected chi connectivity index (χ3v) is 6.81. The Morgan fingerprint density at radius 1 is 0.556 bits per heavy atom. The average Bonchev–Trinajstić information content (AvgIpc) is 3.10. The molecule has 4 heterocycles. The van der Waals surface area contributed by atoms with Crippen LogP contribution in [0.5, 0.6) is 0 Å². The molecule has 2 aromatic carbocycles. The molecule has 0 saturated carbocycles. The van der Waals surface area contributed by atoms with Crippen LogP contribution in [-0.2, 0) is 9.47 Å². The molecule has 6 aromatic rings. The maximum absolute atomic E-state index is 12.6. The van der Waals surface area contributed by atoms with Crippen LogP contribution in [0, 0.1) is 0 Å². The number of rotatable bonds is 6. The lowest BCUT2D eigenvalue weighted by Gasteiger charge is -2.04. The molecule has 0 bridgehead atoms. The molecule has 6 rings (SSSR count). The summed E-state index contributed by atoms with van der Waals surface area (Å²) in [6, 6.07) is 21.6. The van der Waals surface area contributed by atoms with Crippen molar-refractivity contribution in [1.82, 2.24) is 19.9 Å². The Hall–Kier alpha value is -5.87. The lowest BCUT2D eigenvalue weighted by atomic mass is 10.0. The SMILES string of the molecule is COC(=O)c1ccnc(C(=O)c2ccc3ncc(Cl)cc3c2)c1.COC(=O)c1ccnc(C(=O)c2ccc3ncccc3c2)c1. The van der Waals surface area contributed by atoms with Gasteiger partial charge in [0.1, 0.15) is 11.4 Å². The lowest BCUT2D eigenvalue weighted by molar-refractivity contribution is 0.0591. The van der Waals surface area contributed by atoms with E-state index in [4.69, 9.17) is 11.6 Å². The molecule has 0 atom stereocenters. The summed E-state index contributed by atoms with van der Waals surface area (Å²) >= 11 is 5.93. The Balaban J connectivity index is 0.000000178. The summed E-state index contributed by atoms with van der Waals surface area (Å²) in [6.07, 6.45) is 6.07. The fraction of sp³-hybridized carbons (Fsp3) is 0.0588. The highest BCUT2D eigenvalue weighted by Crippen LogP contribution is 2.20. The number of aromatic nitrogens is 4. The highest BCUT2D eigenvalue weighted by molar-refractivity contribution is 6.31. The van der Waals surface area contributed by atoms with Crippen molar-refractivity contribution in [3.8, 4) is 0 Å². The standard InChI is InChI=1S/C17H11ClN2O3.C17H12N2O3/c1-23-17(22)11-4-5-19-15(8-11)16(21)10-2-3-14-12(6-10)7-13(18)9-20-14;1-22-17(21)13-6-8-19-15(10-13)16(20)12-4-5-14-11(9-12)3-2-7-18-14/h2-9H,1H3;2-10H,1H3. The zero-order valence-corrected chi connectivity index (χ0v) is 24.7. The van der Waals surface area contributed by atoms with Crippen molar-refractivity contribution in [3.05, 3.63) is 142 Å². The van der Waals surface area contributed by atoms with E-state index >= 15 is 0 Å². The van der Waals surface area contributed by atoms with Crippen molar-refractivity contribution >= 4 is 56.9 Å². The molecule has 0 saturated heterocycles. The van der Waals surface area contributed by atoms with Gasteiger partial charge in [-0.1, -0.05) is 17.7 Å². The van der Waals surface area contributed by atoms with Gasteiger partial charge in [0.2, 0.25) is 11.6 Å². The molecular weight excluding hydrogens is 596 g/mol.